The monoisotopic (exact) mass is 476 g/mol. The van der Waals surface area contributed by atoms with Crippen LogP contribution in [0.25, 0.3) is 0 Å². The van der Waals surface area contributed by atoms with Crippen LogP contribution in [0.5, 0.6) is 0 Å². The lowest BCUT2D eigenvalue weighted by Gasteiger charge is -2.29. The van der Waals surface area contributed by atoms with Crippen molar-refractivity contribution in [3.63, 3.8) is 0 Å². The van der Waals surface area contributed by atoms with E-state index in [1.165, 1.54) is 0 Å². The summed E-state index contributed by atoms with van der Waals surface area (Å²) in [6.07, 6.45) is 6.64. The summed E-state index contributed by atoms with van der Waals surface area (Å²) >= 11 is 0. The SMILES string of the molecule is CN(C)CCC1CCCC(S(=O)(=O)c2ccc(CNC(=O)C3CC4CNCCC4N3)cc2)C1. The molecule has 1 saturated carbocycles. The second kappa shape index (κ2) is 10.8. The molecule has 1 aromatic carbocycles. The molecule has 0 spiro atoms. The standard InChI is InChI=1S/C25H40N4O3S/c1-29(2)13-11-18-4-3-5-22(14-18)33(31,32)21-8-6-19(7-9-21)16-27-25(30)24-15-20-17-26-12-10-23(20)28-24/h6-9,18,20,22-24,26,28H,3-5,10-17H2,1-2H3,(H,27,30). The van der Waals surface area contributed by atoms with Gasteiger partial charge in [0.2, 0.25) is 5.91 Å². The zero-order valence-corrected chi connectivity index (χ0v) is 20.9. The van der Waals surface area contributed by atoms with Gasteiger partial charge >= 0.3 is 0 Å². The molecule has 1 aromatic rings. The van der Waals surface area contributed by atoms with Gasteiger partial charge in [0.05, 0.1) is 16.2 Å². The number of benzene rings is 1. The van der Waals surface area contributed by atoms with Crippen LogP contribution in [0.4, 0.5) is 0 Å². The molecule has 184 valence electrons. The summed E-state index contributed by atoms with van der Waals surface area (Å²) in [4.78, 5) is 15.2. The van der Waals surface area contributed by atoms with Crippen molar-refractivity contribution in [2.24, 2.45) is 11.8 Å². The predicted molar refractivity (Wildman–Crippen MR) is 131 cm³/mol. The van der Waals surface area contributed by atoms with E-state index in [4.69, 9.17) is 0 Å². The highest BCUT2D eigenvalue weighted by Crippen LogP contribution is 2.34. The molecule has 0 bridgehead atoms. The number of sulfone groups is 1. The number of carbonyl (C=O) groups excluding carboxylic acids is 1. The second-order valence-corrected chi connectivity index (χ2v) is 12.7. The van der Waals surface area contributed by atoms with Crippen molar-refractivity contribution in [1.29, 1.82) is 0 Å². The minimum absolute atomic E-state index is 0.0343. The third-order valence-corrected chi connectivity index (χ3v) is 9.99. The van der Waals surface area contributed by atoms with Gasteiger partial charge in [-0.2, -0.15) is 0 Å². The third kappa shape index (κ3) is 6.15. The molecule has 2 heterocycles. The first kappa shape index (κ1) is 24.6. The average Bonchev–Trinajstić information content (AvgIpc) is 3.26. The Hall–Kier alpha value is -1.48. The van der Waals surface area contributed by atoms with E-state index in [2.05, 4.69) is 34.9 Å². The number of fused-ring (bicyclic) bond motifs is 1. The minimum Gasteiger partial charge on any atom is -0.351 e. The van der Waals surface area contributed by atoms with Crippen molar-refractivity contribution in [2.45, 2.75) is 73.7 Å². The largest absolute Gasteiger partial charge is 0.351 e. The summed E-state index contributed by atoms with van der Waals surface area (Å²) in [7, 11) is 0.805. The summed E-state index contributed by atoms with van der Waals surface area (Å²) in [5, 5.41) is 9.63. The maximum atomic E-state index is 13.3. The molecular weight excluding hydrogens is 436 g/mol. The lowest BCUT2D eigenvalue weighted by molar-refractivity contribution is -0.123. The highest BCUT2D eigenvalue weighted by Gasteiger charge is 2.38. The number of carbonyl (C=O) groups is 1. The first-order valence-corrected chi connectivity index (χ1v) is 14.1. The van der Waals surface area contributed by atoms with E-state index < -0.39 is 9.84 Å². The van der Waals surface area contributed by atoms with Gasteiger partial charge < -0.3 is 20.9 Å². The van der Waals surface area contributed by atoms with Crippen LogP contribution in [0, 0.1) is 11.8 Å². The lowest BCUT2D eigenvalue weighted by Crippen LogP contribution is -2.45. The zero-order chi connectivity index (χ0) is 23.4. The van der Waals surface area contributed by atoms with Crippen molar-refractivity contribution < 1.29 is 13.2 Å². The van der Waals surface area contributed by atoms with Crippen LogP contribution >= 0.6 is 0 Å². The molecule has 8 heteroatoms. The Kier molecular flexibility index (Phi) is 8.10. The van der Waals surface area contributed by atoms with Crippen molar-refractivity contribution in [1.82, 2.24) is 20.9 Å². The third-order valence-electron chi connectivity index (χ3n) is 7.75. The van der Waals surface area contributed by atoms with Gasteiger partial charge in [-0.3, -0.25) is 4.79 Å². The van der Waals surface area contributed by atoms with Crippen molar-refractivity contribution in [3.05, 3.63) is 29.8 Å². The maximum absolute atomic E-state index is 13.3. The molecule has 2 saturated heterocycles. The van der Waals surface area contributed by atoms with Crippen molar-refractivity contribution >= 4 is 15.7 Å². The van der Waals surface area contributed by atoms with Crippen LogP contribution in [-0.2, 0) is 21.2 Å². The molecule has 33 heavy (non-hydrogen) atoms. The summed E-state index contributed by atoms with van der Waals surface area (Å²) in [6.45, 7) is 3.41. The first-order valence-electron chi connectivity index (χ1n) is 12.5. The van der Waals surface area contributed by atoms with E-state index in [0.29, 0.717) is 29.3 Å². The number of nitrogens with zero attached hydrogens (tertiary/aromatic N) is 1. The van der Waals surface area contributed by atoms with Crippen LogP contribution in [0.3, 0.4) is 0 Å². The fraction of sp³-hybridized carbons (Fsp3) is 0.720. The molecule has 5 unspecified atom stereocenters. The Morgan fingerprint density at radius 3 is 2.64 bits per heavy atom. The number of piperidine rings is 1. The van der Waals surface area contributed by atoms with Crippen LogP contribution < -0.4 is 16.0 Å². The molecule has 3 aliphatic rings. The summed E-state index contributed by atoms with van der Waals surface area (Å²) in [5.74, 6) is 1.05. The minimum atomic E-state index is -3.32. The van der Waals surface area contributed by atoms with Gasteiger partial charge in [0.1, 0.15) is 0 Å². The maximum Gasteiger partial charge on any atom is 0.237 e. The average molecular weight is 477 g/mol. The number of hydrogen-bond acceptors (Lipinski definition) is 6. The Morgan fingerprint density at radius 2 is 1.91 bits per heavy atom. The highest BCUT2D eigenvalue weighted by atomic mass is 32.2. The molecule has 5 atom stereocenters. The van der Waals surface area contributed by atoms with Gasteiger partial charge in [0.25, 0.3) is 0 Å². The molecule has 4 rings (SSSR count). The van der Waals surface area contributed by atoms with E-state index >= 15 is 0 Å². The van der Waals surface area contributed by atoms with Gasteiger partial charge in [0, 0.05) is 12.6 Å². The van der Waals surface area contributed by atoms with E-state index in [-0.39, 0.29) is 17.2 Å². The van der Waals surface area contributed by atoms with Gasteiger partial charge in [-0.25, -0.2) is 8.42 Å². The van der Waals surface area contributed by atoms with Crippen LogP contribution in [0.1, 0.15) is 50.5 Å². The molecule has 1 amide bonds. The number of hydrogen-bond donors (Lipinski definition) is 3. The smallest absolute Gasteiger partial charge is 0.237 e. The van der Waals surface area contributed by atoms with Crippen LogP contribution in [0.15, 0.2) is 29.2 Å². The topological polar surface area (TPSA) is 90.5 Å². The van der Waals surface area contributed by atoms with Gasteiger partial charge in [0.15, 0.2) is 9.84 Å². The van der Waals surface area contributed by atoms with Gasteiger partial charge in [-0.1, -0.05) is 25.0 Å². The molecule has 7 nitrogen and oxygen atoms in total. The Morgan fingerprint density at radius 1 is 1.12 bits per heavy atom. The van der Waals surface area contributed by atoms with Crippen LogP contribution in [0.2, 0.25) is 0 Å². The number of nitrogens with one attached hydrogen (secondary N) is 3. The van der Waals surface area contributed by atoms with Crippen LogP contribution in [-0.4, -0.2) is 70.3 Å². The molecular formula is C25H40N4O3S. The Bertz CT molecular complexity index is 889. The Labute approximate surface area is 199 Å². The van der Waals surface area contributed by atoms with Gasteiger partial charge in [-0.15, -0.1) is 0 Å². The first-order chi connectivity index (χ1) is 15.8. The van der Waals surface area contributed by atoms with Crippen molar-refractivity contribution in [3.8, 4) is 0 Å². The van der Waals surface area contributed by atoms with Gasteiger partial charge in [-0.05, 0) is 95.4 Å². The molecule has 0 radical (unpaired) electrons. The number of rotatable bonds is 8. The van der Waals surface area contributed by atoms with E-state index in [1.54, 1.807) is 12.1 Å². The summed E-state index contributed by atoms with van der Waals surface area (Å²) in [6, 6.07) is 7.42. The Balaban J connectivity index is 1.29. The zero-order valence-electron chi connectivity index (χ0n) is 20.1. The second-order valence-electron chi connectivity index (χ2n) is 10.5. The lowest BCUT2D eigenvalue weighted by atomic mass is 9.86. The predicted octanol–water partition coefficient (Wildman–Crippen LogP) is 1.93. The molecule has 2 aliphatic heterocycles. The van der Waals surface area contributed by atoms with Crippen molar-refractivity contribution in [2.75, 3.05) is 33.7 Å². The molecule has 3 N–H and O–H groups in total. The molecule has 3 fully saturated rings. The molecule has 0 aromatic heterocycles. The van der Waals surface area contributed by atoms with E-state index in [0.717, 1.165) is 70.1 Å². The van der Waals surface area contributed by atoms with E-state index in [1.807, 2.05) is 12.1 Å². The molecule has 1 aliphatic carbocycles. The summed E-state index contributed by atoms with van der Waals surface area (Å²) in [5.41, 5.74) is 0.923. The normalized spacial score (nSPS) is 30.2. The summed E-state index contributed by atoms with van der Waals surface area (Å²) < 4.78 is 26.5. The fourth-order valence-electron chi connectivity index (χ4n) is 5.73. The number of amides is 1. The highest BCUT2D eigenvalue weighted by molar-refractivity contribution is 7.92. The quantitative estimate of drug-likeness (QED) is 0.531. The van der Waals surface area contributed by atoms with E-state index in [9.17, 15) is 13.2 Å². The fourth-order valence-corrected chi connectivity index (χ4v) is 7.63.